The van der Waals surface area contributed by atoms with E-state index in [1.54, 1.807) is 13.8 Å². The average Bonchev–Trinajstić information content (AvgIpc) is 3.17. The second kappa shape index (κ2) is 11.9. The lowest BCUT2D eigenvalue weighted by atomic mass is 9.82. The first kappa shape index (κ1) is 26.1. The number of rotatable bonds is 11. The van der Waals surface area contributed by atoms with Crippen LogP contribution in [-0.4, -0.2) is 30.9 Å². The lowest BCUT2D eigenvalue weighted by molar-refractivity contribution is -0.143. The van der Waals surface area contributed by atoms with E-state index in [2.05, 4.69) is 59.2 Å². The van der Waals surface area contributed by atoms with Crippen LogP contribution in [-0.2, 0) is 37.5 Å². The van der Waals surface area contributed by atoms with E-state index < -0.39 is 5.54 Å². The van der Waals surface area contributed by atoms with Crippen molar-refractivity contribution in [3.05, 3.63) is 95.1 Å². The first-order valence-corrected chi connectivity index (χ1v) is 12.9. The zero-order chi connectivity index (χ0) is 26.3. The topological polar surface area (TPSA) is 84.5 Å². The van der Waals surface area contributed by atoms with Crippen LogP contribution in [0.1, 0.15) is 55.4 Å². The molecule has 2 N–H and O–H groups in total. The lowest BCUT2D eigenvalue weighted by Crippen LogP contribution is -2.45. The molecule has 1 aliphatic rings. The number of carbonyl (C=O) groups excluding carboxylic acids is 3. The van der Waals surface area contributed by atoms with Crippen molar-refractivity contribution in [2.75, 3.05) is 13.2 Å². The largest absolute Gasteiger partial charge is 0.466 e. The minimum Gasteiger partial charge on any atom is -0.466 e. The van der Waals surface area contributed by atoms with Gasteiger partial charge in [0.15, 0.2) is 0 Å². The van der Waals surface area contributed by atoms with E-state index in [-0.39, 0.29) is 24.2 Å². The Kier molecular flexibility index (Phi) is 8.39. The van der Waals surface area contributed by atoms with Crippen molar-refractivity contribution in [2.45, 2.75) is 51.5 Å². The van der Waals surface area contributed by atoms with Gasteiger partial charge >= 0.3 is 5.97 Å². The summed E-state index contributed by atoms with van der Waals surface area (Å²) < 4.78 is 4.87. The molecule has 6 nitrogen and oxygen atoms in total. The molecule has 37 heavy (non-hydrogen) atoms. The minimum absolute atomic E-state index is 0.0533. The molecule has 0 atom stereocenters. The van der Waals surface area contributed by atoms with Crippen molar-refractivity contribution in [3.63, 3.8) is 0 Å². The number of aryl methyl sites for hydroxylation is 2. The number of ether oxygens (including phenoxy) is 1. The van der Waals surface area contributed by atoms with E-state index in [1.807, 2.05) is 24.3 Å². The minimum atomic E-state index is -0.570. The molecule has 0 aliphatic heterocycles. The van der Waals surface area contributed by atoms with Crippen LogP contribution >= 0.6 is 0 Å². The first-order chi connectivity index (χ1) is 17.9. The van der Waals surface area contributed by atoms with Gasteiger partial charge < -0.3 is 15.4 Å². The average molecular weight is 499 g/mol. The molecule has 0 fully saturated rings. The molecule has 0 unspecified atom stereocenters. The molecule has 0 spiro atoms. The number of esters is 1. The normalized spacial score (nSPS) is 12.8. The van der Waals surface area contributed by atoms with Crippen LogP contribution < -0.4 is 10.6 Å². The highest BCUT2D eigenvalue weighted by atomic mass is 16.5. The molecule has 1 aliphatic carbocycles. The standard InChI is InChI=1S/C31H34N2O4/c1-3-37-30(36)19-21-32-29(35)17-16-23-12-14-24(15-13-23)18-20-31(33-22(2)34)27-10-6-4-8-25(27)26-9-5-7-11-28(26)31/h4-15H,3,16-21H2,1-2H3,(H,32,35)(H,33,34). The highest BCUT2D eigenvalue weighted by Gasteiger charge is 2.43. The van der Waals surface area contributed by atoms with Crippen LogP contribution in [0.15, 0.2) is 72.8 Å². The highest BCUT2D eigenvalue weighted by Crippen LogP contribution is 2.49. The van der Waals surface area contributed by atoms with Gasteiger partial charge in [0.1, 0.15) is 0 Å². The molecule has 0 aromatic heterocycles. The molecule has 0 bridgehead atoms. The zero-order valence-corrected chi connectivity index (χ0v) is 21.5. The van der Waals surface area contributed by atoms with Gasteiger partial charge in [-0.25, -0.2) is 0 Å². The molecular formula is C31H34N2O4. The second-order valence-corrected chi connectivity index (χ2v) is 9.40. The summed E-state index contributed by atoms with van der Waals surface area (Å²) in [5.41, 5.74) is 6.30. The maximum absolute atomic E-state index is 12.4. The van der Waals surface area contributed by atoms with E-state index in [4.69, 9.17) is 4.74 Å². The third-order valence-corrected chi connectivity index (χ3v) is 6.86. The Bertz CT molecular complexity index is 1220. The lowest BCUT2D eigenvalue weighted by Gasteiger charge is -2.33. The third kappa shape index (κ3) is 6.08. The van der Waals surface area contributed by atoms with Crippen LogP contribution in [0.25, 0.3) is 11.1 Å². The molecule has 0 heterocycles. The number of carbonyl (C=O) groups is 3. The van der Waals surface area contributed by atoms with Gasteiger partial charge in [-0.1, -0.05) is 72.8 Å². The number of hydrogen-bond acceptors (Lipinski definition) is 4. The maximum Gasteiger partial charge on any atom is 0.307 e. The Balaban J connectivity index is 1.39. The van der Waals surface area contributed by atoms with Gasteiger partial charge in [0.25, 0.3) is 0 Å². The molecular weight excluding hydrogens is 464 g/mol. The van der Waals surface area contributed by atoms with Crippen LogP contribution in [0.4, 0.5) is 0 Å². The smallest absolute Gasteiger partial charge is 0.307 e. The predicted molar refractivity (Wildman–Crippen MR) is 144 cm³/mol. The fourth-order valence-electron chi connectivity index (χ4n) is 5.18. The second-order valence-electron chi connectivity index (χ2n) is 9.40. The summed E-state index contributed by atoms with van der Waals surface area (Å²) in [7, 11) is 0. The van der Waals surface area contributed by atoms with Crippen molar-refractivity contribution < 1.29 is 19.1 Å². The van der Waals surface area contributed by atoms with Crippen molar-refractivity contribution in [2.24, 2.45) is 0 Å². The summed E-state index contributed by atoms with van der Waals surface area (Å²) >= 11 is 0. The van der Waals surface area contributed by atoms with Gasteiger partial charge in [-0.3, -0.25) is 14.4 Å². The molecule has 0 radical (unpaired) electrons. The van der Waals surface area contributed by atoms with E-state index in [0.29, 0.717) is 26.0 Å². The Morgan fingerprint density at radius 2 is 1.35 bits per heavy atom. The monoisotopic (exact) mass is 498 g/mol. The quantitative estimate of drug-likeness (QED) is 0.376. The van der Waals surface area contributed by atoms with Gasteiger partial charge in [0.2, 0.25) is 11.8 Å². The van der Waals surface area contributed by atoms with E-state index in [0.717, 1.165) is 29.5 Å². The van der Waals surface area contributed by atoms with E-state index in [1.165, 1.54) is 16.7 Å². The number of hydrogen-bond donors (Lipinski definition) is 2. The fraction of sp³-hybridized carbons (Fsp3) is 0.323. The first-order valence-electron chi connectivity index (χ1n) is 12.9. The molecule has 0 saturated heterocycles. The van der Waals surface area contributed by atoms with Gasteiger partial charge in [-0.05, 0) is 59.6 Å². The van der Waals surface area contributed by atoms with Crippen LogP contribution in [0, 0.1) is 0 Å². The molecule has 6 heteroatoms. The third-order valence-electron chi connectivity index (χ3n) is 6.86. The van der Waals surface area contributed by atoms with E-state index >= 15 is 0 Å². The fourth-order valence-corrected chi connectivity index (χ4v) is 5.18. The summed E-state index contributed by atoms with van der Waals surface area (Å²) in [5.74, 6) is -0.435. The Hall–Kier alpha value is -3.93. The van der Waals surface area contributed by atoms with Gasteiger partial charge in [-0.15, -0.1) is 0 Å². The molecule has 4 rings (SSSR count). The Morgan fingerprint density at radius 3 is 1.92 bits per heavy atom. The molecule has 192 valence electrons. The number of amides is 2. The molecule has 0 saturated carbocycles. The SMILES string of the molecule is CCOC(=O)CCNC(=O)CCc1ccc(CCC2(NC(C)=O)c3ccccc3-c3ccccc32)cc1. The Labute approximate surface area is 218 Å². The molecule has 2 amide bonds. The summed E-state index contributed by atoms with van der Waals surface area (Å²) in [6.45, 7) is 3.97. The summed E-state index contributed by atoms with van der Waals surface area (Å²) in [4.78, 5) is 35.8. The van der Waals surface area contributed by atoms with Crippen LogP contribution in [0.5, 0.6) is 0 Å². The van der Waals surface area contributed by atoms with Gasteiger partial charge in [-0.2, -0.15) is 0 Å². The van der Waals surface area contributed by atoms with Crippen LogP contribution in [0.2, 0.25) is 0 Å². The maximum atomic E-state index is 12.4. The number of nitrogens with one attached hydrogen (secondary N) is 2. The number of fused-ring (bicyclic) bond motifs is 3. The zero-order valence-electron chi connectivity index (χ0n) is 21.5. The van der Waals surface area contributed by atoms with Crippen molar-refractivity contribution in [1.29, 1.82) is 0 Å². The van der Waals surface area contributed by atoms with E-state index in [9.17, 15) is 14.4 Å². The summed E-state index contributed by atoms with van der Waals surface area (Å²) in [6.07, 6.45) is 2.70. The van der Waals surface area contributed by atoms with Crippen molar-refractivity contribution in [1.82, 2.24) is 10.6 Å². The molecule has 3 aromatic carbocycles. The highest BCUT2D eigenvalue weighted by molar-refractivity contribution is 5.84. The van der Waals surface area contributed by atoms with Gasteiger partial charge in [0, 0.05) is 19.9 Å². The summed E-state index contributed by atoms with van der Waals surface area (Å²) in [6, 6.07) is 24.9. The number of benzene rings is 3. The van der Waals surface area contributed by atoms with Crippen molar-refractivity contribution in [3.8, 4) is 11.1 Å². The Morgan fingerprint density at radius 1 is 0.784 bits per heavy atom. The summed E-state index contributed by atoms with van der Waals surface area (Å²) in [5, 5.41) is 6.07. The predicted octanol–water partition coefficient (Wildman–Crippen LogP) is 4.68. The van der Waals surface area contributed by atoms with Gasteiger partial charge in [0.05, 0.1) is 18.6 Å². The van der Waals surface area contributed by atoms with Crippen LogP contribution in [0.3, 0.4) is 0 Å². The van der Waals surface area contributed by atoms with Crippen molar-refractivity contribution >= 4 is 17.8 Å². The molecule has 3 aromatic rings.